The summed E-state index contributed by atoms with van der Waals surface area (Å²) < 4.78 is 9.86. The number of aliphatic hydroxyl groups is 1. The molecule has 0 radical (unpaired) electrons. The number of rotatable bonds is 5. The first-order valence-corrected chi connectivity index (χ1v) is 5.25. The van der Waals surface area contributed by atoms with Gasteiger partial charge in [0, 0.05) is 12.2 Å². The third-order valence-electron chi connectivity index (χ3n) is 2.03. The summed E-state index contributed by atoms with van der Waals surface area (Å²) in [4.78, 5) is 11.3. The molecule has 1 aromatic rings. The molecule has 88 valence electrons. The standard InChI is InChI=1S/C12H16O4/c1-3-15-11(13)9-5-7-10(8-6-9)12(14)16-4-2/h5-8,11,13H,3-4H2,1-2H3. The molecule has 0 bridgehead atoms. The summed E-state index contributed by atoms with van der Waals surface area (Å²) in [6.07, 6.45) is -0.943. The lowest BCUT2D eigenvalue weighted by Crippen LogP contribution is -2.06. The average molecular weight is 224 g/mol. The van der Waals surface area contributed by atoms with Crippen LogP contribution in [0.15, 0.2) is 24.3 Å². The van der Waals surface area contributed by atoms with Crippen molar-refractivity contribution in [2.45, 2.75) is 20.1 Å². The van der Waals surface area contributed by atoms with Crippen molar-refractivity contribution in [3.8, 4) is 0 Å². The second kappa shape index (κ2) is 6.25. The van der Waals surface area contributed by atoms with E-state index >= 15 is 0 Å². The van der Waals surface area contributed by atoms with Crippen LogP contribution in [0.3, 0.4) is 0 Å². The lowest BCUT2D eigenvalue weighted by Gasteiger charge is -2.10. The largest absolute Gasteiger partial charge is 0.462 e. The van der Waals surface area contributed by atoms with Crippen LogP contribution in [0.2, 0.25) is 0 Å². The molecule has 1 unspecified atom stereocenters. The molecule has 0 saturated heterocycles. The number of ether oxygens (including phenoxy) is 2. The van der Waals surface area contributed by atoms with Gasteiger partial charge in [-0.3, -0.25) is 0 Å². The molecule has 1 aromatic carbocycles. The molecule has 1 rings (SSSR count). The Kier molecular flexibility index (Phi) is 4.95. The summed E-state index contributed by atoms with van der Waals surface area (Å²) >= 11 is 0. The monoisotopic (exact) mass is 224 g/mol. The van der Waals surface area contributed by atoms with E-state index in [9.17, 15) is 9.90 Å². The summed E-state index contributed by atoms with van der Waals surface area (Å²) in [5.41, 5.74) is 1.09. The Morgan fingerprint density at radius 3 is 2.38 bits per heavy atom. The molecule has 4 nitrogen and oxygen atoms in total. The summed E-state index contributed by atoms with van der Waals surface area (Å²) in [5, 5.41) is 9.51. The summed E-state index contributed by atoms with van der Waals surface area (Å²) in [6.45, 7) is 4.34. The Balaban J connectivity index is 2.71. The van der Waals surface area contributed by atoms with Gasteiger partial charge in [-0.15, -0.1) is 0 Å². The molecule has 0 aromatic heterocycles. The number of hydrogen-bond acceptors (Lipinski definition) is 4. The van der Waals surface area contributed by atoms with E-state index in [2.05, 4.69) is 0 Å². The number of carbonyl (C=O) groups is 1. The molecule has 0 aliphatic heterocycles. The highest BCUT2D eigenvalue weighted by Crippen LogP contribution is 2.15. The number of hydrogen-bond donors (Lipinski definition) is 1. The van der Waals surface area contributed by atoms with Crippen molar-refractivity contribution in [1.82, 2.24) is 0 Å². The predicted molar refractivity (Wildman–Crippen MR) is 59.0 cm³/mol. The van der Waals surface area contributed by atoms with Crippen molar-refractivity contribution in [2.24, 2.45) is 0 Å². The van der Waals surface area contributed by atoms with Crippen LogP contribution in [-0.4, -0.2) is 24.3 Å². The van der Waals surface area contributed by atoms with E-state index in [1.54, 1.807) is 38.1 Å². The summed E-state index contributed by atoms with van der Waals surface area (Å²) in [5.74, 6) is -0.361. The Hall–Kier alpha value is -1.39. The van der Waals surface area contributed by atoms with E-state index in [1.807, 2.05) is 0 Å². The molecule has 0 fully saturated rings. The minimum Gasteiger partial charge on any atom is -0.462 e. The van der Waals surface area contributed by atoms with E-state index in [0.717, 1.165) is 0 Å². The highest BCUT2D eigenvalue weighted by molar-refractivity contribution is 5.89. The van der Waals surface area contributed by atoms with Crippen LogP contribution in [0.5, 0.6) is 0 Å². The van der Waals surface area contributed by atoms with Crippen LogP contribution < -0.4 is 0 Å². The van der Waals surface area contributed by atoms with Crippen molar-refractivity contribution >= 4 is 5.97 Å². The fourth-order valence-corrected chi connectivity index (χ4v) is 1.25. The van der Waals surface area contributed by atoms with Gasteiger partial charge < -0.3 is 14.6 Å². The van der Waals surface area contributed by atoms with Gasteiger partial charge in [0.25, 0.3) is 0 Å². The minimum absolute atomic E-state index is 0.349. The zero-order chi connectivity index (χ0) is 12.0. The first-order valence-electron chi connectivity index (χ1n) is 5.25. The number of aliphatic hydroxyl groups excluding tert-OH is 1. The number of benzene rings is 1. The van der Waals surface area contributed by atoms with E-state index in [4.69, 9.17) is 9.47 Å². The molecular formula is C12H16O4. The quantitative estimate of drug-likeness (QED) is 0.613. The Bertz CT molecular complexity index is 331. The molecule has 16 heavy (non-hydrogen) atoms. The first kappa shape index (κ1) is 12.7. The molecular weight excluding hydrogens is 208 g/mol. The van der Waals surface area contributed by atoms with Gasteiger partial charge in [-0.05, 0) is 26.0 Å². The number of esters is 1. The van der Waals surface area contributed by atoms with Gasteiger partial charge in [0.1, 0.15) is 0 Å². The predicted octanol–water partition coefficient (Wildman–Crippen LogP) is 1.89. The van der Waals surface area contributed by atoms with Gasteiger partial charge in [-0.1, -0.05) is 12.1 Å². The Morgan fingerprint density at radius 1 is 1.25 bits per heavy atom. The van der Waals surface area contributed by atoms with Crippen molar-refractivity contribution in [3.63, 3.8) is 0 Å². The Morgan fingerprint density at radius 2 is 1.88 bits per heavy atom. The second-order valence-electron chi connectivity index (χ2n) is 3.15. The molecule has 0 aliphatic rings. The lowest BCUT2D eigenvalue weighted by atomic mass is 10.1. The highest BCUT2D eigenvalue weighted by Gasteiger charge is 2.09. The molecule has 1 atom stereocenters. The van der Waals surface area contributed by atoms with Gasteiger partial charge in [0.2, 0.25) is 0 Å². The van der Waals surface area contributed by atoms with Crippen LogP contribution >= 0.6 is 0 Å². The molecule has 0 aliphatic carbocycles. The van der Waals surface area contributed by atoms with Gasteiger partial charge >= 0.3 is 5.97 Å². The third kappa shape index (κ3) is 3.32. The third-order valence-corrected chi connectivity index (χ3v) is 2.03. The fourth-order valence-electron chi connectivity index (χ4n) is 1.25. The van der Waals surface area contributed by atoms with Crippen LogP contribution in [-0.2, 0) is 9.47 Å². The topological polar surface area (TPSA) is 55.8 Å². The van der Waals surface area contributed by atoms with Crippen molar-refractivity contribution in [3.05, 3.63) is 35.4 Å². The van der Waals surface area contributed by atoms with Gasteiger partial charge in [0.05, 0.1) is 12.2 Å². The van der Waals surface area contributed by atoms with Gasteiger partial charge in [0.15, 0.2) is 6.29 Å². The van der Waals surface area contributed by atoms with Gasteiger partial charge in [-0.25, -0.2) is 4.79 Å². The zero-order valence-electron chi connectivity index (χ0n) is 9.47. The van der Waals surface area contributed by atoms with E-state index < -0.39 is 6.29 Å². The highest BCUT2D eigenvalue weighted by atomic mass is 16.6. The molecule has 1 N–H and O–H groups in total. The molecule has 0 spiro atoms. The van der Waals surface area contributed by atoms with Crippen LogP contribution in [0.25, 0.3) is 0 Å². The Labute approximate surface area is 94.8 Å². The fraction of sp³-hybridized carbons (Fsp3) is 0.417. The zero-order valence-corrected chi connectivity index (χ0v) is 9.47. The summed E-state index contributed by atoms with van der Waals surface area (Å²) in [7, 11) is 0. The minimum atomic E-state index is -0.943. The maximum Gasteiger partial charge on any atom is 0.338 e. The van der Waals surface area contributed by atoms with Crippen molar-refractivity contribution in [1.29, 1.82) is 0 Å². The smallest absolute Gasteiger partial charge is 0.338 e. The molecule has 0 amide bonds. The van der Waals surface area contributed by atoms with Crippen LogP contribution in [0, 0.1) is 0 Å². The molecule has 4 heteroatoms. The van der Waals surface area contributed by atoms with Gasteiger partial charge in [-0.2, -0.15) is 0 Å². The SMILES string of the molecule is CCOC(=O)c1ccc(C(O)OCC)cc1. The number of carbonyl (C=O) groups excluding carboxylic acids is 1. The second-order valence-corrected chi connectivity index (χ2v) is 3.15. The maximum atomic E-state index is 11.3. The molecule has 0 saturated carbocycles. The normalized spacial score (nSPS) is 12.2. The van der Waals surface area contributed by atoms with E-state index in [1.165, 1.54) is 0 Å². The summed E-state index contributed by atoms with van der Waals surface area (Å²) in [6, 6.07) is 6.50. The lowest BCUT2D eigenvalue weighted by molar-refractivity contribution is -0.0979. The van der Waals surface area contributed by atoms with E-state index in [0.29, 0.717) is 24.3 Å². The average Bonchev–Trinajstić information content (AvgIpc) is 2.30. The first-order chi connectivity index (χ1) is 7.69. The molecule has 0 heterocycles. The van der Waals surface area contributed by atoms with Crippen molar-refractivity contribution < 1.29 is 19.4 Å². The van der Waals surface area contributed by atoms with E-state index in [-0.39, 0.29) is 5.97 Å². The maximum absolute atomic E-state index is 11.3. The van der Waals surface area contributed by atoms with Crippen LogP contribution in [0.4, 0.5) is 0 Å². The van der Waals surface area contributed by atoms with Crippen LogP contribution in [0.1, 0.15) is 36.1 Å². The van der Waals surface area contributed by atoms with Crippen molar-refractivity contribution in [2.75, 3.05) is 13.2 Å².